The van der Waals surface area contributed by atoms with Crippen LogP contribution in [-0.4, -0.2) is 36.9 Å². The number of carbonyl (C=O) groups is 1. The summed E-state index contributed by atoms with van der Waals surface area (Å²) in [5, 5.41) is 11.2. The summed E-state index contributed by atoms with van der Waals surface area (Å²) in [6.45, 7) is 0. The number of fused-ring (bicyclic) bond motifs is 3. The van der Waals surface area contributed by atoms with Crippen molar-refractivity contribution in [1.29, 1.82) is 0 Å². The summed E-state index contributed by atoms with van der Waals surface area (Å²) in [4.78, 5) is 11.9. The van der Waals surface area contributed by atoms with Gasteiger partial charge in [-0.25, -0.2) is 8.42 Å². The maximum absolute atomic E-state index is 13.2. The van der Waals surface area contributed by atoms with E-state index >= 15 is 0 Å². The number of nitrogens with zero attached hydrogens (tertiary/aromatic N) is 1. The molecule has 1 aromatic heterocycles. The van der Waals surface area contributed by atoms with Crippen LogP contribution in [0, 0.1) is 0 Å². The van der Waals surface area contributed by atoms with Crippen molar-refractivity contribution in [3.8, 4) is 0 Å². The number of aryl methyl sites for hydroxylation is 1. The van der Waals surface area contributed by atoms with Crippen LogP contribution in [0.15, 0.2) is 82.1 Å². The van der Waals surface area contributed by atoms with Crippen LogP contribution in [0.3, 0.4) is 0 Å². The van der Waals surface area contributed by atoms with Gasteiger partial charge in [-0.15, -0.1) is 0 Å². The number of sulfonamides is 1. The Morgan fingerprint density at radius 1 is 0.968 bits per heavy atom. The van der Waals surface area contributed by atoms with Crippen molar-refractivity contribution in [2.45, 2.75) is 30.2 Å². The monoisotopic (exact) mass is 437 g/mol. The molecule has 0 aliphatic carbocycles. The lowest BCUT2D eigenvalue weighted by Crippen LogP contribution is -2.42. The van der Waals surface area contributed by atoms with Crippen molar-refractivity contribution >= 4 is 37.9 Å². The Bertz CT molecular complexity index is 1330. The minimum absolute atomic E-state index is 0.0448. The first-order chi connectivity index (χ1) is 14.9. The summed E-state index contributed by atoms with van der Waals surface area (Å²) >= 11 is 0. The number of carboxylic acid groups (broad SMARTS) is 1. The van der Waals surface area contributed by atoms with E-state index in [2.05, 4.69) is 0 Å². The summed E-state index contributed by atoms with van der Waals surface area (Å²) in [6, 6.07) is 20.6. The Hall–Kier alpha value is -3.16. The van der Waals surface area contributed by atoms with E-state index in [0.29, 0.717) is 29.4 Å². The highest BCUT2D eigenvalue weighted by Gasteiger charge is 2.32. The predicted octanol–water partition coefficient (Wildman–Crippen LogP) is 4.68. The Kier molecular flexibility index (Phi) is 5.80. The third-order valence-electron chi connectivity index (χ3n) is 5.53. The number of para-hydroxylation sites is 1. The van der Waals surface area contributed by atoms with Gasteiger partial charge in [0, 0.05) is 17.8 Å². The molecule has 0 bridgehead atoms. The number of aliphatic carboxylic acids is 1. The molecule has 0 radical (unpaired) electrons. The summed E-state index contributed by atoms with van der Waals surface area (Å²) in [5.41, 5.74) is 2.35. The van der Waals surface area contributed by atoms with Gasteiger partial charge in [-0.2, -0.15) is 4.31 Å². The van der Waals surface area contributed by atoms with Gasteiger partial charge in [0.15, 0.2) is 0 Å². The Balaban J connectivity index is 1.59. The molecule has 160 valence electrons. The highest BCUT2D eigenvalue weighted by atomic mass is 32.2. The Morgan fingerprint density at radius 3 is 2.39 bits per heavy atom. The minimum atomic E-state index is -4.01. The largest absolute Gasteiger partial charge is 0.480 e. The van der Waals surface area contributed by atoms with Crippen molar-refractivity contribution in [3.05, 3.63) is 78.4 Å². The van der Waals surface area contributed by atoms with Crippen LogP contribution >= 0.6 is 0 Å². The van der Waals surface area contributed by atoms with Crippen LogP contribution in [0.2, 0.25) is 0 Å². The summed E-state index contributed by atoms with van der Waals surface area (Å²) in [6.07, 6.45) is 1.47. The molecule has 6 nitrogen and oxygen atoms in total. The van der Waals surface area contributed by atoms with E-state index in [1.165, 1.54) is 13.1 Å². The zero-order valence-corrected chi connectivity index (χ0v) is 17.9. The van der Waals surface area contributed by atoms with Gasteiger partial charge < -0.3 is 9.52 Å². The summed E-state index contributed by atoms with van der Waals surface area (Å²) in [5.74, 6) is -1.16. The number of benzene rings is 3. The van der Waals surface area contributed by atoms with Crippen molar-refractivity contribution in [3.63, 3.8) is 0 Å². The molecule has 1 unspecified atom stereocenters. The molecule has 0 fully saturated rings. The van der Waals surface area contributed by atoms with Crippen molar-refractivity contribution < 1.29 is 22.7 Å². The predicted molar refractivity (Wildman–Crippen MR) is 119 cm³/mol. The fraction of sp³-hybridized carbons (Fsp3) is 0.208. The van der Waals surface area contributed by atoms with E-state index in [9.17, 15) is 18.3 Å². The quantitative estimate of drug-likeness (QED) is 0.432. The van der Waals surface area contributed by atoms with E-state index in [1.54, 1.807) is 12.1 Å². The van der Waals surface area contributed by atoms with Gasteiger partial charge in [-0.05, 0) is 49.1 Å². The second kappa shape index (κ2) is 8.53. The molecule has 7 heteroatoms. The topological polar surface area (TPSA) is 87.8 Å². The molecule has 1 atom stereocenters. The van der Waals surface area contributed by atoms with Crippen LogP contribution in [0.25, 0.3) is 21.9 Å². The maximum atomic E-state index is 13.2. The van der Waals surface area contributed by atoms with E-state index in [-0.39, 0.29) is 11.3 Å². The highest BCUT2D eigenvalue weighted by molar-refractivity contribution is 7.89. The van der Waals surface area contributed by atoms with Gasteiger partial charge in [0.05, 0.1) is 4.90 Å². The molecule has 0 aliphatic rings. The molecule has 0 saturated heterocycles. The first kappa shape index (κ1) is 21.1. The lowest BCUT2D eigenvalue weighted by Gasteiger charge is -2.24. The molecule has 4 rings (SSSR count). The average molecular weight is 438 g/mol. The Morgan fingerprint density at radius 2 is 1.65 bits per heavy atom. The molecule has 0 aliphatic heterocycles. The van der Waals surface area contributed by atoms with Gasteiger partial charge in [0.1, 0.15) is 17.2 Å². The smallest absolute Gasteiger partial charge is 0.322 e. The number of furan rings is 1. The van der Waals surface area contributed by atoms with Crippen LogP contribution in [0.1, 0.15) is 18.4 Å². The van der Waals surface area contributed by atoms with Gasteiger partial charge in [0.2, 0.25) is 10.0 Å². The number of rotatable bonds is 8. The van der Waals surface area contributed by atoms with Crippen molar-refractivity contribution in [1.82, 2.24) is 4.31 Å². The highest BCUT2D eigenvalue weighted by Crippen LogP contribution is 2.31. The first-order valence-corrected chi connectivity index (χ1v) is 11.5. The molecule has 4 aromatic rings. The molecule has 0 spiro atoms. The van der Waals surface area contributed by atoms with E-state index in [0.717, 1.165) is 15.3 Å². The summed E-state index contributed by atoms with van der Waals surface area (Å²) < 4.78 is 33.2. The number of hydrogen-bond acceptors (Lipinski definition) is 4. The molecule has 3 aromatic carbocycles. The van der Waals surface area contributed by atoms with Crippen LogP contribution in [-0.2, 0) is 21.2 Å². The first-order valence-electron chi connectivity index (χ1n) is 10.0. The van der Waals surface area contributed by atoms with E-state index in [1.807, 2.05) is 54.6 Å². The summed E-state index contributed by atoms with van der Waals surface area (Å²) in [7, 11) is -2.68. The zero-order chi connectivity index (χ0) is 22.0. The minimum Gasteiger partial charge on any atom is -0.480 e. The number of likely N-dealkylation sites (N-methyl/N-ethyl adjacent to an activating group) is 1. The lowest BCUT2D eigenvalue weighted by molar-refractivity contribution is -0.141. The lowest BCUT2D eigenvalue weighted by atomic mass is 10.0. The van der Waals surface area contributed by atoms with E-state index < -0.39 is 22.0 Å². The third-order valence-corrected chi connectivity index (χ3v) is 7.40. The molecule has 1 N–H and O–H groups in total. The fourth-order valence-corrected chi connectivity index (χ4v) is 5.17. The van der Waals surface area contributed by atoms with Crippen molar-refractivity contribution in [2.24, 2.45) is 0 Å². The molecule has 31 heavy (non-hydrogen) atoms. The second-order valence-electron chi connectivity index (χ2n) is 7.51. The number of carboxylic acids is 1. The molecule has 0 saturated carbocycles. The normalized spacial score (nSPS) is 13.1. The SMILES string of the molecule is CN(C(CCCc1ccccc1)C(=O)O)S(=O)(=O)c1ccc2oc3ccccc3c2c1. The zero-order valence-electron chi connectivity index (χ0n) is 17.1. The van der Waals surface area contributed by atoms with Gasteiger partial charge in [-0.1, -0.05) is 48.5 Å². The Labute approximate surface area is 180 Å². The second-order valence-corrected chi connectivity index (χ2v) is 9.51. The molecule has 1 heterocycles. The molecule has 0 amide bonds. The molecular weight excluding hydrogens is 414 g/mol. The van der Waals surface area contributed by atoms with E-state index in [4.69, 9.17) is 4.42 Å². The fourth-order valence-electron chi connectivity index (χ4n) is 3.80. The van der Waals surface area contributed by atoms with Crippen LogP contribution in [0.4, 0.5) is 0 Å². The standard InChI is InChI=1S/C24H23NO5S/c1-25(21(24(26)27)12-7-10-17-8-3-2-4-9-17)31(28,29)18-14-15-23-20(16-18)19-11-5-6-13-22(19)30-23/h2-6,8-9,11,13-16,21H,7,10,12H2,1H3,(H,26,27). The van der Waals surface area contributed by atoms with Gasteiger partial charge >= 0.3 is 5.97 Å². The van der Waals surface area contributed by atoms with Gasteiger partial charge in [-0.3, -0.25) is 4.79 Å². The molecular formula is C24H23NO5S. The average Bonchev–Trinajstić information content (AvgIpc) is 3.14. The maximum Gasteiger partial charge on any atom is 0.322 e. The number of hydrogen-bond donors (Lipinski definition) is 1. The van der Waals surface area contributed by atoms with Crippen LogP contribution in [0.5, 0.6) is 0 Å². The van der Waals surface area contributed by atoms with Crippen molar-refractivity contribution in [2.75, 3.05) is 7.05 Å². The third kappa shape index (κ3) is 4.19. The van der Waals surface area contributed by atoms with Crippen LogP contribution < -0.4 is 0 Å². The van der Waals surface area contributed by atoms with Gasteiger partial charge in [0.25, 0.3) is 0 Å².